The van der Waals surface area contributed by atoms with Gasteiger partial charge in [0.1, 0.15) is 12.2 Å². The van der Waals surface area contributed by atoms with Gasteiger partial charge in [-0.15, -0.1) is 24.8 Å². The van der Waals surface area contributed by atoms with Crippen LogP contribution in [0.25, 0.3) is 0 Å². The molecule has 1 aromatic rings. The van der Waals surface area contributed by atoms with Crippen LogP contribution in [0.3, 0.4) is 0 Å². The highest BCUT2D eigenvalue weighted by molar-refractivity contribution is 5.85. The minimum absolute atomic E-state index is 0. The van der Waals surface area contributed by atoms with Gasteiger partial charge in [0.15, 0.2) is 0 Å². The minimum Gasteiger partial charge on any atom is -0.364 e. The second kappa shape index (κ2) is 10.7. The fourth-order valence-corrected chi connectivity index (χ4v) is 2.29. The van der Waals surface area contributed by atoms with E-state index in [9.17, 15) is 20.5 Å². The average Bonchev–Trinajstić information content (AvgIpc) is 2.48. The van der Waals surface area contributed by atoms with E-state index in [0.29, 0.717) is 5.69 Å². The Kier molecular flexibility index (Phi) is 11.1. The van der Waals surface area contributed by atoms with Crippen LogP contribution in [0, 0.1) is 10.1 Å². The molecule has 0 bridgehead atoms. The Labute approximate surface area is 154 Å². The molecule has 1 atom stereocenters. The van der Waals surface area contributed by atoms with Crippen LogP contribution in [-0.2, 0) is 0 Å². The van der Waals surface area contributed by atoms with Crippen LogP contribution in [0.5, 0.6) is 0 Å². The lowest BCUT2D eigenvalue weighted by atomic mass is 10.2. The molecule has 24 heavy (non-hydrogen) atoms. The van der Waals surface area contributed by atoms with Crippen molar-refractivity contribution in [2.45, 2.75) is 33.9 Å². The molecule has 0 aliphatic rings. The zero-order chi connectivity index (χ0) is 16.9. The van der Waals surface area contributed by atoms with E-state index in [2.05, 4.69) is 10.2 Å². The predicted molar refractivity (Wildman–Crippen MR) is 99.5 cm³/mol. The number of quaternary nitrogens is 1. The molecular formula is C14H27Cl2N4O4+. The smallest absolute Gasteiger partial charge is 0.298 e. The van der Waals surface area contributed by atoms with Crippen molar-refractivity contribution in [1.29, 1.82) is 0 Å². The summed E-state index contributed by atoms with van der Waals surface area (Å²) in [5.74, 6) is 0. The van der Waals surface area contributed by atoms with Crippen molar-refractivity contribution in [1.82, 2.24) is 9.71 Å². The molecule has 0 aliphatic carbocycles. The molecule has 1 rings (SSSR count). The summed E-state index contributed by atoms with van der Waals surface area (Å²) < 4.78 is 0. The molecule has 0 saturated carbocycles. The van der Waals surface area contributed by atoms with Crippen molar-refractivity contribution >= 4 is 41.9 Å². The van der Waals surface area contributed by atoms with Crippen LogP contribution in [0.15, 0.2) is 18.2 Å². The molecule has 0 saturated heterocycles. The molecule has 0 spiro atoms. The van der Waals surface area contributed by atoms with Crippen LogP contribution in [0.1, 0.15) is 27.7 Å². The van der Waals surface area contributed by atoms with Crippen molar-refractivity contribution in [3.8, 4) is 0 Å². The summed E-state index contributed by atoms with van der Waals surface area (Å²) in [5.41, 5.74) is 0.218. The van der Waals surface area contributed by atoms with Crippen molar-refractivity contribution in [2.24, 2.45) is 0 Å². The number of anilines is 1. The van der Waals surface area contributed by atoms with Crippen LogP contribution in [-0.4, -0.2) is 46.0 Å². The first-order valence-electron chi connectivity index (χ1n) is 7.39. The fourth-order valence-electron chi connectivity index (χ4n) is 2.29. The van der Waals surface area contributed by atoms with E-state index in [-0.39, 0.29) is 48.9 Å². The molecule has 0 fully saturated rings. The summed E-state index contributed by atoms with van der Waals surface area (Å²) in [7, 11) is 0. The van der Waals surface area contributed by atoms with E-state index in [0.717, 1.165) is 13.1 Å². The van der Waals surface area contributed by atoms with Gasteiger partial charge in [-0.2, -0.15) is 10.4 Å². The zero-order valence-electron chi connectivity index (χ0n) is 14.3. The highest BCUT2D eigenvalue weighted by Gasteiger charge is 2.29. The van der Waals surface area contributed by atoms with Crippen LogP contribution in [0.2, 0.25) is 0 Å². The highest BCUT2D eigenvalue weighted by Crippen LogP contribution is 2.31. The summed E-state index contributed by atoms with van der Waals surface area (Å²) in [4.78, 5) is 11.5. The second-order valence-corrected chi connectivity index (χ2v) is 5.05. The Morgan fingerprint density at radius 1 is 1.25 bits per heavy atom. The number of rotatable bonds is 8. The van der Waals surface area contributed by atoms with Gasteiger partial charge >= 0.3 is 0 Å². The normalized spacial score (nSPS) is 12.1. The van der Waals surface area contributed by atoms with E-state index in [1.807, 2.05) is 20.8 Å². The maximum absolute atomic E-state index is 11.3. The Morgan fingerprint density at radius 2 is 1.79 bits per heavy atom. The topological polar surface area (TPSA) is 98.9 Å². The molecule has 0 aromatic heterocycles. The lowest BCUT2D eigenvalue weighted by Gasteiger charge is -2.28. The van der Waals surface area contributed by atoms with E-state index < -0.39 is 9.73 Å². The second-order valence-electron chi connectivity index (χ2n) is 5.05. The molecule has 0 radical (unpaired) electrons. The maximum Gasteiger partial charge on any atom is 0.298 e. The molecule has 140 valence electrons. The number of benzene rings is 1. The van der Waals surface area contributed by atoms with Gasteiger partial charge in [-0.1, -0.05) is 13.8 Å². The number of nitrogens with zero attached hydrogens (tertiary/aromatic N) is 3. The first kappa shape index (κ1) is 25.1. The number of hydrogen-bond acceptors (Lipinski definition) is 6. The Hall–Kier alpha value is -1.16. The van der Waals surface area contributed by atoms with Crippen molar-refractivity contribution in [2.75, 3.05) is 25.0 Å². The van der Waals surface area contributed by atoms with Crippen molar-refractivity contribution in [3.05, 3.63) is 28.3 Å². The summed E-state index contributed by atoms with van der Waals surface area (Å²) in [6.07, 6.45) is -0.0757. The third-order valence-electron chi connectivity index (χ3n) is 3.76. The van der Waals surface area contributed by atoms with Gasteiger partial charge in [-0.05, 0) is 37.8 Å². The van der Waals surface area contributed by atoms with Gasteiger partial charge in [0.2, 0.25) is 5.69 Å². The molecule has 1 unspecified atom stereocenters. The van der Waals surface area contributed by atoms with Crippen molar-refractivity contribution < 1.29 is 15.3 Å². The Bertz CT molecular complexity index is 527. The zero-order valence-corrected chi connectivity index (χ0v) is 15.9. The third kappa shape index (κ3) is 6.04. The maximum atomic E-state index is 11.3. The molecule has 10 heteroatoms. The Morgan fingerprint density at radius 3 is 2.21 bits per heavy atom. The summed E-state index contributed by atoms with van der Waals surface area (Å²) in [6, 6.07) is 4.15. The standard InChI is InChI=1S/C14H25N4O4.2ClH/c1-5-16(6-2)11(4)15-13-9-8-12(18(21,22)7-3)10-14(13)17(19)20;;/h8-11,15,21-22H,5-7H2,1-4H3;2*1H/q+1;;. The average molecular weight is 386 g/mol. The molecule has 1 aromatic carbocycles. The molecule has 8 nitrogen and oxygen atoms in total. The van der Waals surface area contributed by atoms with E-state index in [1.54, 1.807) is 6.92 Å². The number of hydroxylamine groups is 2. The monoisotopic (exact) mass is 385 g/mol. The van der Waals surface area contributed by atoms with Crippen LogP contribution >= 0.6 is 24.8 Å². The minimum atomic E-state index is -1.38. The van der Waals surface area contributed by atoms with Gasteiger partial charge in [0.05, 0.1) is 17.2 Å². The molecule has 3 N–H and O–H groups in total. The first-order chi connectivity index (χ1) is 10.3. The van der Waals surface area contributed by atoms with E-state index in [1.165, 1.54) is 18.2 Å². The third-order valence-corrected chi connectivity index (χ3v) is 3.76. The van der Waals surface area contributed by atoms with Gasteiger partial charge in [0, 0.05) is 6.07 Å². The predicted octanol–water partition coefficient (Wildman–Crippen LogP) is 3.64. The van der Waals surface area contributed by atoms with Gasteiger partial charge in [0.25, 0.3) is 5.69 Å². The largest absolute Gasteiger partial charge is 0.364 e. The van der Waals surface area contributed by atoms with Gasteiger partial charge in [-0.25, -0.2) is 0 Å². The number of nitro benzene ring substituents is 1. The van der Waals surface area contributed by atoms with Gasteiger partial charge in [-0.3, -0.25) is 15.0 Å². The molecule has 0 amide bonds. The van der Waals surface area contributed by atoms with Crippen molar-refractivity contribution in [3.63, 3.8) is 0 Å². The first-order valence-corrected chi connectivity index (χ1v) is 7.39. The SMILES string of the molecule is CCN(CC)C(C)Nc1ccc([N+](O)(O)CC)cc1[N+](=O)[O-].Cl.Cl. The van der Waals surface area contributed by atoms with Gasteiger partial charge < -0.3 is 5.32 Å². The lowest BCUT2D eigenvalue weighted by Crippen LogP contribution is -2.41. The van der Waals surface area contributed by atoms with E-state index in [4.69, 9.17) is 0 Å². The Balaban J connectivity index is 0. The molecule has 0 aliphatic heterocycles. The van der Waals surface area contributed by atoms with Crippen LogP contribution in [0.4, 0.5) is 17.1 Å². The summed E-state index contributed by atoms with van der Waals surface area (Å²) in [6.45, 7) is 9.16. The van der Waals surface area contributed by atoms with Crippen LogP contribution < -0.4 is 10.1 Å². The molecule has 0 heterocycles. The lowest BCUT2D eigenvalue weighted by molar-refractivity contribution is -0.384. The number of nitrogens with one attached hydrogen (secondary N) is 1. The number of nitro groups is 1. The number of halogens is 2. The summed E-state index contributed by atoms with van der Waals surface area (Å²) in [5, 5.41) is 33.9. The summed E-state index contributed by atoms with van der Waals surface area (Å²) >= 11 is 0. The van der Waals surface area contributed by atoms with E-state index >= 15 is 0 Å². The number of hydrogen-bond donors (Lipinski definition) is 3. The fraction of sp³-hybridized carbons (Fsp3) is 0.571. The quantitative estimate of drug-likeness (QED) is 0.273. The molecular weight excluding hydrogens is 359 g/mol. The highest BCUT2D eigenvalue weighted by atomic mass is 35.5.